The van der Waals surface area contributed by atoms with Crippen LogP contribution in [0.2, 0.25) is 0 Å². The minimum absolute atomic E-state index is 0.373. The van der Waals surface area contributed by atoms with Crippen LogP contribution in [-0.2, 0) is 4.55 Å². The zero-order valence-corrected chi connectivity index (χ0v) is 10.6. The fourth-order valence-electron chi connectivity index (χ4n) is 1.56. The van der Waals surface area contributed by atoms with Gasteiger partial charge in [0.25, 0.3) is 0 Å². The molecule has 1 rings (SSSR count). The summed E-state index contributed by atoms with van der Waals surface area (Å²) in [7, 11) is 5.89. The molecule has 0 amide bonds. The van der Waals surface area contributed by atoms with Gasteiger partial charge in [0.05, 0.1) is 0 Å². The second kappa shape index (κ2) is 5.89. The predicted octanol–water partition coefficient (Wildman–Crippen LogP) is 3.56. The van der Waals surface area contributed by atoms with Gasteiger partial charge in [-0.3, -0.25) is 0 Å². The van der Waals surface area contributed by atoms with Crippen LogP contribution in [0.25, 0.3) is 0 Å². The molecule has 0 bridgehead atoms. The smallest absolute Gasteiger partial charge is 0.345 e. The monoisotopic (exact) mass is 206 g/mol. The van der Waals surface area contributed by atoms with Gasteiger partial charge < -0.3 is 9.07 Å². The molecule has 0 heterocycles. The first-order valence-corrected chi connectivity index (χ1v) is 8.07. The van der Waals surface area contributed by atoms with E-state index in [9.17, 15) is 0 Å². The zero-order chi connectivity index (χ0) is 9.68. The van der Waals surface area contributed by atoms with E-state index in [-0.39, 0.29) is 19.3 Å². The van der Waals surface area contributed by atoms with Crippen molar-refractivity contribution in [1.82, 2.24) is 0 Å². The second-order valence-corrected chi connectivity index (χ2v) is 5.46. The molecule has 0 radical (unpaired) electrons. The first-order chi connectivity index (χ1) is 6.29. The van der Waals surface area contributed by atoms with Crippen molar-refractivity contribution < 1.29 is 0 Å². The van der Waals surface area contributed by atoms with E-state index < -0.39 is 0 Å². The molecule has 0 saturated carbocycles. The van der Waals surface area contributed by atoms with Crippen molar-refractivity contribution in [3.63, 3.8) is 0 Å². The first-order valence-electron chi connectivity index (χ1n) is 4.93. The minimum Gasteiger partial charge on any atom is -0.345 e. The van der Waals surface area contributed by atoms with Crippen molar-refractivity contribution in [3.05, 3.63) is 35.4 Å². The third-order valence-electron chi connectivity index (χ3n) is 2.56. The standard InChI is InChI=1S/C11H15.ClH.Mg/c1-4-9(2)11-8-6-5-7-10(11)3;;/h5-9H,3-4H2,1-2H3;1H;/q;;+1/p-1. The van der Waals surface area contributed by atoms with E-state index in [0.29, 0.717) is 5.92 Å². The van der Waals surface area contributed by atoms with Crippen molar-refractivity contribution in [2.45, 2.75) is 30.7 Å². The van der Waals surface area contributed by atoms with Crippen molar-refractivity contribution in [2.24, 2.45) is 0 Å². The third kappa shape index (κ3) is 3.15. The highest BCUT2D eigenvalue weighted by Gasteiger charge is 2.07. The Morgan fingerprint density at radius 1 is 1.38 bits per heavy atom. The Morgan fingerprint density at radius 2 is 2.08 bits per heavy atom. The lowest BCUT2D eigenvalue weighted by Crippen LogP contribution is -2.00. The van der Waals surface area contributed by atoms with Gasteiger partial charge in [0.15, 0.2) is 0 Å². The van der Waals surface area contributed by atoms with Crippen molar-refractivity contribution in [3.8, 4) is 0 Å². The first kappa shape index (κ1) is 11.4. The SMILES string of the molecule is CCC(C)c1ccccc1[CH2][Mg][Cl]. The predicted molar refractivity (Wildman–Crippen MR) is 60.5 cm³/mol. The van der Waals surface area contributed by atoms with Crippen LogP contribution in [0.3, 0.4) is 0 Å². The molecule has 13 heavy (non-hydrogen) atoms. The molecule has 0 spiro atoms. The highest BCUT2D eigenvalue weighted by atomic mass is 35.5. The fourth-order valence-corrected chi connectivity index (χ4v) is 2.83. The maximum atomic E-state index is 5.89. The maximum Gasteiger partial charge on any atom is 0.505 e. The molecule has 0 fully saturated rings. The van der Waals surface area contributed by atoms with E-state index in [1.54, 1.807) is 0 Å². The van der Waals surface area contributed by atoms with Gasteiger partial charge in [-0.1, -0.05) is 48.2 Å². The molecule has 0 aliphatic heterocycles. The lowest BCUT2D eigenvalue weighted by Gasteiger charge is -2.13. The van der Waals surface area contributed by atoms with E-state index in [1.165, 1.54) is 17.5 Å². The van der Waals surface area contributed by atoms with Crippen LogP contribution < -0.4 is 0 Å². The summed E-state index contributed by atoms with van der Waals surface area (Å²) in [6.07, 6.45) is 1.21. The average molecular weight is 207 g/mol. The zero-order valence-electron chi connectivity index (χ0n) is 8.39. The number of hydrogen-bond donors (Lipinski definition) is 0. The summed E-state index contributed by atoms with van der Waals surface area (Å²) >= 11 is -0.373. The molecule has 0 saturated heterocycles. The molecule has 1 aromatic rings. The Labute approximate surface area is 94.2 Å². The molecule has 68 valence electrons. The summed E-state index contributed by atoms with van der Waals surface area (Å²) in [5.41, 5.74) is 2.97. The van der Waals surface area contributed by atoms with E-state index in [1.807, 2.05) is 0 Å². The molecule has 0 aromatic heterocycles. The summed E-state index contributed by atoms with van der Waals surface area (Å²) in [4.78, 5) is 0. The van der Waals surface area contributed by atoms with Crippen LogP contribution in [0.4, 0.5) is 0 Å². The van der Waals surface area contributed by atoms with Gasteiger partial charge in [0.1, 0.15) is 0 Å². The molecule has 1 unspecified atom stereocenters. The molecule has 1 aromatic carbocycles. The van der Waals surface area contributed by atoms with Crippen LogP contribution in [0, 0.1) is 0 Å². The van der Waals surface area contributed by atoms with Gasteiger partial charge in [-0.2, -0.15) is 0 Å². The second-order valence-electron chi connectivity index (χ2n) is 3.45. The highest BCUT2D eigenvalue weighted by Crippen LogP contribution is 2.22. The number of rotatable bonds is 4. The minimum atomic E-state index is -0.373. The fraction of sp³-hybridized carbons (Fsp3) is 0.455. The summed E-state index contributed by atoms with van der Waals surface area (Å²) in [6.45, 7) is 4.52. The van der Waals surface area contributed by atoms with Gasteiger partial charge in [0, 0.05) is 0 Å². The Kier molecular flexibility index (Phi) is 5.15. The van der Waals surface area contributed by atoms with Crippen LogP contribution in [-0.4, -0.2) is 19.3 Å². The molecule has 1 atom stereocenters. The quantitative estimate of drug-likeness (QED) is 0.662. The van der Waals surface area contributed by atoms with Gasteiger partial charge in [0.2, 0.25) is 0 Å². The van der Waals surface area contributed by atoms with E-state index in [2.05, 4.69) is 38.1 Å². The molecule has 0 aliphatic rings. The van der Waals surface area contributed by atoms with Crippen LogP contribution >= 0.6 is 9.07 Å². The van der Waals surface area contributed by atoms with Gasteiger partial charge in [-0.25, -0.2) is 0 Å². The van der Waals surface area contributed by atoms with Crippen molar-refractivity contribution in [1.29, 1.82) is 0 Å². The number of hydrogen-bond acceptors (Lipinski definition) is 0. The summed E-state index contributed by atoms with van der Waals surface area (Å²) in [6, 6.07) is 8.70. The molecular formula is C11H15ClMg. The Bertz CT molecular complexity index is 260. The largest absolute Gasteiger partial charge is 0.505 e. The van der Waals surface area contributed by atoms with Crippen LogP contribution in [0.5, 0.6) is 0 Å². The lowest BCUT2D eigenvalue weighted by atomic mass is 9.94. The maximum absolute atomic E-state index is 5.89. The molecule has 2 heteroatoms. The van der Waals surface area contributed by atoms with Crippen molar-refractivity contribution >= 4 is 28.3 Å². The number of halogens is 1. The van der Waals surface area contributed by atoms with E-state index in [0.717, 1.165) is 4.55 Å². The Balaban J connectivity index is 2.90. The molecule has 0 aliphatic carbocycles. The number of benzene rings is 1. The summed E-state index contributed by atoms with van der Waals surface area (Å²) in [5, 5.41) is 0. The van der Waals surface area contributed by atoms with E-state index in [4.69, 9.17) is 9.07 Å². The molecular weight excluding hydrogens is 192 g/mol. The van der Waals surface area contributed by atoms with Crippen LogP contribution in [0.15, 0.2) is 24.3 Å². The van der Waals surface area contributed by atoms with Gasteiger partial charge in [-0.05, 0) is 17.9 Å². The van der Waals surface area contributed by atoms with Gasteiger partial charge >= 0.3 is 19.3 Å². The Hall–Kier alpha value is 0.276. The highest BCUT2D eigenvalue weighted by molar-refractivity contribution is 6.93. The van der Waals surface area contributed by atoms with Crippen molar-refractivity contribution in [2.75, 3.05) is 0 Å². The van der Waals surface area contributed by atoms with Gasteiger partial charge in [-0.15, -0.1) is 0 Å². The average Bonchev–Trinajstić information content (AvgIpc) is 2.18. The van der Waals surface area contributed by atoms with E-state index >= 15 is 0 Å². The molecule has 0 N–H and O–H groups in total. The molecule has 0 nitrogen and oxygen atoms in total. The topological polar surface area (TPSA) is 0 Å². The Morgan fingerprint density at radius 3 is 2.69 bits per heavy atom. The van der Waals surface area contributed by atoms with Crippen LogP contribution in [0.1, 0.15) is 37.3 Å². The summed E-state index contributed by atoms with van der Waals surface area (Å²) in [5.74, 6) is 0.674. The third-order valence-corrected chi connectivity index (χ3v) is 3.86. The lowest BCUT2D eigenvalue weighted by molar-refractivity contribution is 0.727. The summed E-state index contributed by atoms with van der Waals surface area (Å²) < 4.78 is 1.13. The normalized spacial score (nSPS) is 12.2.